The van der Waals surface area contributed by atoms with Gasteiger partial charge in [-0.25, -0.2) is 8.42 Å². The highest BCUT2D eigenvalue weighted by molar-refractivity contribution is 7.89. The van der Waals surface area contributed by atoms with E-state index >= 15 is 0 Å². The molecule has 26 heavy (non-hydrogen) atoms. The first-order valence-electron chi connectivity index (χ1n) is 8.72. The lowest BCUT2D eigenvalue weighted by atomic mass is 9.94. The number of carbonyl (C=O) groups excluding carboxylic acids is 1. The molecule has 1 amide bonds. The molecule has 2 rings (SSSR count). The van der Waals surface area contributed by atoms with Crippen molar-refractivity contribution in [3.05, 3.63) is 29.8 Å². The molecular weight excluding hydrogens is 356 g/mol. The van der Waals surface area contributed by atoms with Crippen LogP contribution in [0.1, 0.15) is 44.0 Å². The van der Waals surface area contributed by atoms with Gasteiger partial charge in [0.25, 0.3) is 5.91 Å². The molecule has 3 atom stereocenters. The van der Waals surface area contributed by atoms with Crippen molar-refractivity contribution in [3.63, 3.8) is 0 Å². The molecule has 0 saturated carbocycles. The number of aliphatic carboxylic acids is 1. The third kappa shape index (κ3) is 5.04. The van der Waals surface area contributed by atoms with E-state index in [0.717, 1.165) is 6.42 Å². The molecule has 1 aliphatic rings. The summed E-state index contributed by atoms with van der Waals surface area (Å²) in [6, 6.07) is 5.33. The van der Waals surface area contributed by atoms with Crippen molar-refractivity contribution in [1.82, 2.24) is 9.62 Å². The number of rotatable bonds is 6. The van der Waals surface area contributed by atoms with Gasteiger partial charge in [0.15, 0.2) is 0 Å². The average molecular weight is 382 g/mol. The zero-order chi connectivity index (χ0) is 19.5. The third-order valence-electron chi connectivity index (χ3n) is 4.43. The van der Waals surface area contributed by atoms with Gasteiger partial charge < -0.3 is 10.4 Å². The zero-order valence-corrected chi connectivity index (χ0v) is 16.1. The summed E-state index contributed by atoms with van der Waals surface area (Å²) in [4.78, 5) is 23.1. The Bertz CT molecular complexity index is 768. The van der Waals surface area contributed by atoms with E-state index in [1.165, 1.54) is 28.6 Å². The van der Waals surface area contributed by atoms with Crippen LogP contribution >= 0.6 is 0 Å². The fraction of sp³-hybridized carbons (Fsp3) is 0.556. The number of nitrogens with one attached hydrogen (secondary N) is 1. The topological polar surface area (TPSA) is 104 Å². The summed E-state index contributed by atoms with van der Waals surface area (Å²) in [6.45, 7) is 6.60. The Hall–Kier alpha value is -1.93. The number of carbonyl (C=O) groups is 2. The summed E-state index contributed by atoms with van der Waals surface area (Å²) >= 11 is 0. The molecule has 144 valence electrons. The Labute approximate surface area is 154 Å². The highest BCUT2D eigenvalue weighted by atomic mass is 32.2. The molecule has 1 fully saturated rings. The number of carboxylic acids is 1. The maximum atomic E-state index is 12.9. The van der Waals surface area contributed by atoms with Crippen LogP contribution in [0.5, 0.6) is 0 Å². The Morgan fingerprint density at radius 3 is 2.46 bits per heavy atom. The smallest absolute Gasteiger partial charge is 0.305 e. The van der Waals surface area contributed by atoms with E-state index in [1.807, 2.05) is 13.8 Å². The number of sulfonamides is 1. The van der Waals surface area contributed by atoms with Crippen molar-refractivity contribution in [2.75, 3.05) is 13.1 Å². The standard InChI is InChI=1S/C18H26N2O5S/c1-12-7-13(2)11-20(10-12)26(24,25)16-6-4-5-15(9-16)18(23)19-14(3)8-17(21)22/h4-6,9,12-14H,7-8,10-11H2,1-3H3,(H,19,23)(H,21,22). The van der Waals surface area contributed by atoms with E-state index < -0.39 is 27.9 Å². The molecule has 1 aromatic carbocycles. The number of amides is 1. The van der Waals surface area contributed by atoms with E-state index in [4.69, 9.17) is 5.11 Å². The van der Waals surface area contributed by atoms with Crippen LogP contribution in [0.15, 0.2) is 29.2 Å². The lowest BCUT2D eigenvalue weighted by molar-refractivity contribution is -0.137. The minimum atomic E-state index is -3.67. The van der Waals surface area contributed by atoms with Gasteiger partial charge in [-0.2, -0.15) is 4.31 Å². The summed E-state index contributed by atoms with van der Waals surface area (Å²) in [5.74, 6) is -0.924. The van der Waals surface area contributed by atoms with Gasteiger partial charge in [-0.15, -0.1) is 0 Å². The average Bonchev–Trinajstić information content (AvgIpc) is 2.53. The van der Waals surface area contributed by atoms with Gasteiger partial charge in [0.2, 0.25) is 10.0 Å². The van der Waals surface area contributed by atoms with Gasteiger partial charge in [0.05, 0.1) is 11.3 Å². The fourth-order valence-electron chi connectivity index (χ4n) is 3.37. The highest BCUT2D eigenvalue weighted by Gasteiger charge is 2.32. The largest absolute Gasteiger partial charge is 0.481 e. The second-order valence-electron chi connectivity index (χ2n) is 7.27. The maximum absolute atomic E-state index is 12.9. The van der Waals surface area contributed by atoms with Gasteiger partial charge >= 0.3 is 5.97 Å². The minimum Gasteiger partial charge on any atom is -0.481 e. The monoisotopic (exact) mass is 382 g/mol. The van der Waals surface area contributed by atoms with Crippen molar-refractivity contribution in [3.8, 4) is 0 Å². The summed E-state index contributed by atoms with van der Waals surface area (Å²) in [6.07, 6.45) is 0.795. The first kappa shape index (κ1) is 20.4. The lowest BCUT2D eigenvalue weighted by Crippen LogP contribution is -2.42. The molecule has 7 nitrogen and oxygen atoms in total. The normalized spacial score (nSPS) is 22.6. The molecule has 1 saturated heterocycles. The molecule has 1 aliphatic heterocycles. The maximum Gasteiger partial charge on any atom is 0.305 e. The highest BCUT2D eigenvalue weighted by Crippen LogP contribution is 2.27. The summed E-state index contributed by atoms with van der Waals surface area (Å²) in [5, 5.41) is 11.3. The van der Waals surface area contributed by atoms with Crippen LogP contribution in [-0.2, 0) is 14.8 Å². The summed E-state index contributed by atoms with van der Waals surface area (Å²) in [7, 11) is -3.67. The molecule has 3 unspecified atom stereocenters. The number of hydrogen-bond acceptors (Lipinski definition) is 4. The van der Waals surface area contributed by atoms with E-state index in [2.05, 4.69) is 5.32 Å². The lowest BCUT2D eigenvalue weighted by Gasteiger charge is -2.34. The molecule has 1 aromatic rings. The SMILES string of the molecule is CC1CC(C)CN(S(=O)(=O)c2cccc(C(=O)NC(C)CC(=O)O)c2)C1. The second kappa shape index (κ2) is 8.18. The third-order valence-corrected chi connectivity index (χ3v) is 6.26. The predicted molar refractivity (Wildman–Crippen MR) is 97.3 cm³/mol. The first-order valence-corrected chi connectivity index (χ1v) is 10.2. The number of benzene rings is 1. The van der Waals surface area contributed by atoms with E-state index in [-0.39, 0.29) is 28.7 Å². The van der Waals surface area contributed by atoms with Crippen LogP contribution in [0.25, 0.3) is 0 Å². The molecular formula is C18H26N2O5S. The Morgan fingerprint density at radius 2 is 1.88 bits per heavy atom. The number of piperidine rings is 1. The molecule has 1 heterocycles. The number of hydrogen-bond donors (Lipinski definition) is 2. The Balaban J connectivity index is 2.19. The van der Waals surface area contributed by atoms with Crippen LogP contribution in [0, 0.1) is 11.8 Å². The Morgan fingerprint density at radius 1 is 1.27 bits per heavy atom. The molecule has 8 heteroatoms. The zero-order valence-electron chi connectivity index (χ0n) is 15.3. The van der Waals surface area contributed by atoms with Crippen LogP contribution < -0.4 is 5.32 Å². The van der Waals surface area contributed by atoms with Crippen molar-refractivity contribution >= 4 is 21.9 Å². The quantitative estimate of drug-likeness (QED) is 0.783. The van der Waals surface area contributed by atoms with Gasteiger partial charge in [-0.05, 0) is 43.4 Å². The van der Waals surface area contributed by atoms with Crippen LogP contribution in [-0.4, -0.2) is 48.8 Å². The van der Waals surface area contributed by atoms with Crippen molar-refractivity contribution < 1.29 is 23.1 Å². The minimum absolute atomic E-state index is 0.0809. The van der Waals surface area contributed by atoms with Crippen LogP contribution in [0.2, 0.25) is 0 Å². The van der Waals surface area contributed by atoms with E-state index in [0.29, 0.717) is 13.1 Å². The van der Waals surface area contributed by atoms with Crippen molar-refractivity contribution in [1.29, 1.82) is 0 Å². The summed E-state index contributed by atoms with van der Waals surface area (Å²) in [5.41, 5.74) is 0.196. The molecule has 0 bridgehead atoms. The van der Waals surface area contributed by atoms with Crippen LogP contribution in [0.4, 0.5) is 0 Å². The van der Waals surface area contributed by atoms with Gasteiger partial charge in [-0.1, -0.05) is 19.9 Å². The molecule has 0 aromatic heterocycles. The number of carboxylic acid groups (broad SMARTS) is 1. The van der Waals surface area contributed by atoms with Crippen LogP contribution in [0.3, 0.4) is 0 Å². The molecule has 0 aliphatic carbocycles. The predicted octanol–water partition coefficient (Wildman–Crippen LogP) is 1.95. The van der Waals surface area contributed by atoms with Gasteiger partial charge in [0.1, 0.15) is 0 Å². The molecule has 2 N–H and O–H groups in total. The van der Waals surface area contributed by atoms with Crippen molar-refractivity contribution in [2.24, 2.45) is 11.8 Å². The molecule has 0 spiro atoms. The van der Waals surface area contributed by atoms with Crippen molar-refractivity contribution in [2.45, 2.75) is 44.6 Å². The number of nitrogens with zero attached hydrogens (tertiary/aromatic N) is 1. The van der Waals surface area contributed by atoms with Gasteiger partial charge in [0, 0.05) is 24.7 Å². The second-order valence-corrected chi connectivity index (χ2v) is 9.21. The van der Waals surface area contributed by atoms with Gasteiger partial charge in [-0.3, -0.25) is 9.59 Å². The first-order chi connectivity index (χ1) is 12.1. The summed E-state index contributed by atoms with van der Waals surface area (Å²) < 4.78 is 27.4. The molecule has 0 radical (unpaired) electrons. The van der Waals surface area contributed by atoms with E-state index in [9.17, 15) is 18.0 Å². The fourth-order valence-corrected chi connectivity index (χ4v) is 5.09. The Kier molecular flexibility index (Phi) is 6.41. The van der Waals surface area contributed by atoms with E-state index in [1.54, 1.807) is 6.92 Å².